The zero-order valence-electron chi connectivity index (χ0n) is 15.1. The molecule has 1 amide bonds. The van der Waals surface area contributed by atoms with Crippen LogP contribution in [-0.4, -0.2) is 24.7 Å². The van der Waals surface area contributed by atoms with Gasteiger partial charge in [-0.3, -0.25) is 4.79 Å². The Balaban J connectivity index is 2.22. The Morgan fingerprint density at radius 1 is 1.33 bits per heavy atom. The third-order valence-corrected chi connectivity index (χ3v) is 5.26. The van der Waals surface area contributed by atoms with E-state index >= 15 is 0 Å². The minimum absolute atomic E-state index is 0.295. The number of para-hydroxylation sites is 1. The second-order valence-electron chi connectivity index (χ2n) is 5.70. The van der Waals surface area contributed by atoms with E-state index in [1.807, 2.05) is 23.6 Å². The zero-order chi connectivity index (χ0) is 19.6. The monoisotopic (exact) mass is 400 g/mol. The number of rotatable bonds is 4. The number of aromatic nitrogens is 1. The Bertz CT molecular complexity index is 1140. The number of fused-ring (bicyclic) bond motifs is 1. The molecule has 0 aliphatic carbocycles. The number of ether oxygens (including phenoxy) is 2. The smallest absolute Gasteiger partial charge is 0.283 e. The van der Waals surface area contributed by atoms with Gasteiger partial charge in [0.25, 0.3) is 5.91 Å². The van der Waals surface area contributed by atoms with Gasteiger partial charge in [0.2, 0.25) is 0 Å². The number of nitrogens with zero attached hydrogens (tertiary/aromatic N) is 2. The lowest BCUT2D eigenvalue weighted by molar-refractivity contribution is 0.0994. The van der Waals surface area contributed by atoms with E-state index in [1.54, 1.807) is 18.2 Å². The molecule has 138 valence electrons. The second-order valence-corrected chi connectivity index (χ2v) is 7.15. The van der Waals surface area contributed by atoms with Gasteiger partial charge in [-0.15, -0.1) is 6.42 Å². The van der Waals surface area contributed by atoms with Crippen LogP contribution in [0.2, 0.25) is 5.02 Å². The van der Waals surface area contributed by atoms with Crippen LogP contribution in [0.3, 0.4) is 0 Å². The van der Waals surface area contributed by atoms with Gasteiger partial charge in [-0.2, -0.15) is 4.99 Å². The number of aryl methyl sites for hydroxylation is 1. The molecule has 0 atom stereocenters. The number of terminal acetylenes is 1. The van der Waals surface area contributed by atoms with E-state index in [0.717, 1.165) is 15.8 Å². The Morgan fingerprint density at radius 2 is 2.11 bits per heavy atom. The number of methoxy groups -OCH3 is 2. The Morgan fingerprint density at radius 3 is 2.78 bits per heavy atom. The van der Waals surface area contributed by atoms with Crippen molar-refractivity contribution >= 4 is 39.1 Å². The highest BCUT2D eigenvalue weighted by Gasteiger charge is 2.17. The van der Waals surface area contributed by atoms with Crippen molar-refractivity contribution in [3.8, 4) is 23.8 Å². The quantitative estimate of drug-likeness (QED) is 0.620. The van der Waals surface area contributed by atoms with E-state index < -0.39 is 5.91 Å². The summed E-state index contributed by atoms with van der Waals surface area (Å²) >= 11 is 7.53. The molecule has 0 radical (unpaired) electrons. The fourth-order valence-electron chi connectivity index (χ4n) is 2.90. The summed E-state index contributed by atoms with van der Waals surface area (Å²) in [6, 6.07) is 8.79. The Kier molecular flexibility index (Phi) is 5.54. The third kappa shape index (κ3) is 3.57. The molecule has 7 heteroatoms. The maximum atomic E-state index is 12.9. The molecule has 0 fully saturated rings. The van der Waals surface area contributed by atoms with Gasteiger partial charge in [-0.25, -0.2) is 0 Å². The van der Waals surface area contributed by atoms with Gasteiger partial charge >= 0.3 is 0 Å². The van der Waals surface area contributed by atoms with Gasteiger partial charge < -0.3 is 14.0 Å². The van der Waals surface area contributed by atoms with Gasteiger partial charge in [0, 0.05) is 5.02 Å². The van der Waals surface area contributed by atoms with E-state index in [1.165, 1.54) is 25.6 Å². The van der Waals surface area contributed by atoms with Crippen molar-refractivity contribution in [1.82, 2.24) is 4.57 Å². The average molecular weight is 401 g/mol. The molecule has 0 bridgehead atoms. The first kappa shape index (κ1) is 19.0. The lowest BCUT2D eigenvalue weighted by Crippen LogP contribution is -2.17. The first-order valence-electron chi connectivity index (χ1n) is 8.03. The van der Waals surface area contributed by atoms with Crippen molar-refractivity contribution in [2.45, 2.75) is 13.5 Å². The average Bonchev–Trinajstić information content (AvgIpc) is 2.98. The highest BCUT2D eigenvalue weighted by atomic mass is 35.5. The minimum atomic E-state index is -0.438. The molecule has 0 saturated heterocycles. The highest BCUT2D eigenvalue weighted by Crippen LogP contribution is 2.31. The molecule has 1 heterocycles. The lowest BCUT2D eigenvalue weighted by Gasteiger charge is -2.10. The molecule has 0 aliphatic rings. The first-order chi connectivity index (χ1) is 13.0. The van der Waals surface area contributed by atoms with E-state index in [0.29, 0.717) is 33.4 Å². The van der Waals surface area contributed by atoms with E-state index in [4.69, 9.17) is 27.5 Å². The minimum Gasteiger partial charge on any atom is -0.493 e. The van der Waals surface area contributed by atoms with Gasteiger partial charge in [0.05, 0.1) is 36.5 Å². The highest BCUT2D eigenvalue weighted by molar-refractivity contribution is 7.16. The number of amides is 1. The third-order valence-electron chi connectivity index (χ3n) is 4.01. The second kappa shape index (κ2) is 7.87. The normalized spacial score (nSPS) is 11.4. The number of hydrogen-bond acceptors (Lipinski definition) is 4. The summed E-state index contributed by atoms with van der Waals surface area (Å²) < 4.78 is 13.4. The molecule has 0 aliphatic heterocycles. The number of hydrogen-bond donors (Lipinski definition) is 0. The van der Waals surface area contributed by atoms with Crippen molar-refractivity contribution in [3.05, 3.63) is 51.3 Å². The van der Waals surface area contributed by atoms with Gasteiger partial charge in [-0.1, -0.05) is 34.9 Å². The topological polar surface area (TPSA) is 52.8 Å². The predicted molar refractivity (Wildman–Crippen MR) is 108 cm³/mol. The molecule has 5 nitrogen and oxygen atoms in total. The summed E-state index contributed by atoms with van der Waals surface area (Å²) in [6.07, 6.45) is 5.53. The predicted octanol–water partition coefficient (Wildman–Crippen LogP) is 4.06. The van der Waals surface area contributed by atoms with Crippen LogP contribution in [0.4, 0.5) is 0 Å². The van der Waals surface area contributed by atoms with Gasteiger partial charge in [-0.05, 0) is 36.8 Å². The molecule has 0 saturated carbocycles. The largest absolute Gasteiger partial charge is 0.493 e. The fraction of sp³-hybridized carbons (Fsp3) is 0.200. The van der Waals surface area contributed by atoms with Crippen LogP contribution < -0.4 is 14.3 Å². The number of benzene rings is 2. The van der Waals surface area contributed by atoms with E-state index in [9.17, 15) is 4.79 Å². The van der Waals surface area contributed by atoms with Crippen molar-refractivity contribution in [2.24, 2.45) is 4.99 Å². The van der Waals surface area contributed by atoms with Crippen molar-refractivity contribution in [3.63, 3.8) is 0 Å². The summed E-state index contributed by atoms with van der Waals surface area (Å²) in [5.41, 5.74) is 2.21. The van der Waals surface area contributed by atoms with Gasteiger partial charge in [0.15, 0.2) is 16.3 Å². The molecule has 27 heavy (non-hydrogen) atoms. The molecule has 1 aromatic heterocycles. The van der Waals surface area contributed by atoms with Crippen LogP contribution in [0, 0.1) is 19.3 Å². The molecular formula is C20H17ClN2O3S. The number of thiazole rings is 1. The lowest BCUT2D eigenvalue weighted by atomic mass is 10.2. The summed E-state index contributed by atoms with van der Waals surface area (Å²) in [5.74, 6) is 2.99. The SMILES string of the molecule is C#CCn1c(=NC(=O)c2cccc(OC)c2OC)sc2cc(Cl)cc(C)c21. The summed E-state index contributed by atoms with van der Waals surface area (Å²) in [5, 5.41) is 0.626. The van der Waals surface area contributed by atoms with E-state index in [2.05, 4.69) is 10.9 Å². The number of carbonyl (C=O) groups is 1. The molecule has 3 rings (SSSR count). The maximum Gasteiger partial charge on any atom is 0.283 e. The molecule has 3 aromatic rings. The van der Waals surface area contributed by atoms with Crippen LogP contribution >= 0.6 is 22.9 Å². The Labute approximate surface area is 165 Å². The number of carbonyl (C=O) groups excluding carboxylic acids is 1. The van der Waals surface area contributed by atoms with Crippen molar-refractivity contribution < 1.29 is 14.3 Å². The van der Waals surface area contributed by atoms with Crippen LogP contribution in [0.5, 0.6) is 11.5 Å². The standard InChI is InChI=1S/C20H17ClN2O3S/c1-5-9-23-17-12(2)10-13(21)11-16(17)27-20(23)22-19(24)14-7-6-8-15(25-3)18(14)26-4/h1,6-8,10-11H,9H2,2-4H3. The maximum absolute atomic E-state index is 12.9. The number of halogens is 1. The van der Waals surface area contributed by atoms with Crippen LogP contribution in [0.15, 0.2) is 35.3 Å². The molecular weight excluding hydrogens is 384 g/mol. The van der Waals surface area contributed by atoms with Crippen LogP contribution in [-0.2, 0) is 6.54 Å². The van der Waals surface area contributed by atoms with Crippen molar-refractivity contribution in [1.29, 1.82) is 0 Å². The molecule has 0 unspecified atom stereocenters. The molecule has 0 spiro atoms. The zero-order valence-corrected chi connectivity index (χ0v) is 16.6. The van der Waals surface area contributed by atoms with E-state index in [-0.39, 0.29) is 0 Å². The van der Waals surface area contributed by atoms with Crippen LogP contribution in [0.25, 0.3) is 10.2 Å². The molecule has 2 aromatic carbocycles. The fourth-order valence-corrected chi connectivity index (χ4v) is 4.38. The van der Waals surface area contributed by atoms with Gasteiger partial charge in [0.1, 0.15) is 0 Å². The molecule has 0 N–H and O–H groups in total. The van der Waals surface area contributed by atoms with Crippen molar-refractivity contribution in [2.75, 3.05) is 14.2 Å². The van der Waals surface area contributed by atoms with Crippen LogP contribution in [0.1, 0.15) is 15.9 Å². The summed E-state index contributed by atoms with van der Waals surface area (Å²) in [7, 11) is 3.00. The summed E-state index contributed by atoms with van der Waals surface area (Å²) in [6.45, 7) is 2.24. The first-order valence-corrected chi connectivity index (χ1v) is 9.22. The Hall–Kier alpha value is -2.75. The summed E-state index contributed by atoms with van der Waals surface area (Å²) in [4.78, 5) is 17.7.